The minimum absolute atomic E-state index is 0.0478. The summed E-state index contributed by atoms with van der Waals surface area (Å²) in [7, 11) is 1.25. The van der Waals surface area contributed by atoms with Gasteiger partial charge in [0.25, 0.3) is 0 Å². The van der Waals surface area contributed by atoms with E-state index < -0.39 is 18.2 Å². The second kappa shape index (κ2) is 10.2. The summed E-state index contributed by atoms with van der Waals surface area (Å²) in [6, 6.07) is 4.02. The molecule has 174 valence electrons. The van der Waals surface area contributed by atoms with Crippen LogP contribution in [0, 0.1) is 11.8 Å². The van der Waals surface area contributed by atoms with E-state index in [1.165, 1.54) is 25.3 Å². The van der Waals surface area contributed by atoms with Crippen LogP contribution in [0.25, 0.3) is 0 Å². The molecule has 0 aromatic heterocycles. The smallest absolute Gasteiger partial charge is 0.410 e. The maximum absolute atomic E-state index is 12.8. The lowest BCUT2D eigenvalue weighted by Crippen LogP contribution is -2.48. The van der Waals surface area contributed by atoms with Gasteiger partial charge in [-0.15, -0.1) is 0 Å². The van der Waals surface area contributed by atoms with Crippen LogP contribution in [0.1, 0.15) is 51.4 Å². The zero-order valence-corrected chi connectivity index (χ0v) is 18.9. The maximum Gasteiger partial charge on any atom is 0.410 e. The normalized spacial score (nSPS) is 20.2. The third-order valence-electron chi connectivity index (χ3n) is 5.27. The minimum atomic E-state index is -2.99. The third-order valence-corrected chi connectivity index (χ3v) is 5.27. The molecule has 1 heterocycles. The van der Waals surface area contributed by atoms with Crippen LogP contribution in [0.15, 0.2) is 18.2 Å². The van der Waals surface area contributed by atoms with Gasteiger partial charge in [0.2, 0.25) is 0 Å². The number of hydrogen-bond acceptors (Lipinski definition) is 6. The molecule has 0 radical (unpaired) electrons. The number of rotatable bonds is 6. The van der Waals surface area contributed by atoms with E-state index in [9.17, 15) is 18.4 Å². The van der Waals surface area contributed by atoms with Gasteiger partial charge in [0.1, 0.15) is 11.4 Å². The standard InChI is InChI=1S/C22H32F2N2O5/c1-13-12-26(21(28)31-22(3,4)5)10-9-16(13)14(2)25-17-11-15(19(27)29-6)7-8-18(17)30-20(23)24/h7-8,11,13-14,16,20,25H,9-10,12H2,1-6H3/t13-,14+,16+/m1/s1. The van der Waals surface area contributed by atoms with E-state index in [2.05, 4.69) is 10.1 Å². The Morgan fingerprint density at radius 3 is 2.48 bits per heavy atom. The molecule has 31 heavy (non-hydrogen) atoms. The largest absolute Gasteiger partial charge is 0.465 e. The second-order valence-electron chi connectivity index (χ2n) is 8.87. The number of nitrogens with zero attached hydrogens (tertiary/aromatic N) is 1. The van der Waals surface area contributed by atoms with Crippen molar-refractivity contribution in [2.24, 2.45) is 11.8 Å². The second-order valence-corrected chi connectivity index (χ2v) is 8.87. The Labute approximate surface area is 182 Å². The number of piperidine rings is 1. The quantitative estimate of drug-likeness (QED) is 0.640. The Balaban J connectivity index is 2.11. The Morgan fingerprint density at radius 1 is 1.26 bits per heavy atom. The van der Waals surface area contributed by atoms with Crippen LogP contribution in [0.5, 0.6) is 5.75 Å². The summed E-state index contributed by atoms with van der Waals surface area (Å²) in [5.74, 6) is -0.307. The highest BCUT2D eigenvalue weighted by Gasteiger charge is 2.34. The lowest BCUT2D eigenvalue weighted by molar-refractivity contribution is -0.0494. The molecule has 7 nitrogen and oxygen atoms in total. The molecule has 1 aliphatic heterocycles. The first-order valence-electron chi connectivity index (χ1n) is 10.3. The van der Waals surface area contributed by atoms with Gasteiger partial charge in [0.15, 0.2) is 0 Å². The predicted octanol–water partition coefficient (Wildman–Crippen LogP) is 4.77. The van der Waals surface area contributed by atoms with Crippen molar-refractivity contribution in [1.82, 2.24) is 4.90 Å². The molecule has 0 unspecified atom stereocenters. The van der Waals surface area contributed by atoms with Gasteiger partial charge in [-0.25, -0.2) is 9.59 Å². The van der Waals surface area contributed by atoms with Crippen LogP contribution in [0.4, 0.5) is 19.3 Å². The Morgan fingerprint density at radius 2 is 1.94 bits per heavy atom. The van der Waals surface area contributed by atoms with Gasteiger partial charge in [0, 0.05) is 19.1 Å². The van der Waals surface area contributed by atoms with Crippen LogP contribution >= 0.6 is 0 Å². The lowest BCUT2D eigenvalue weighted by atomic mass is 9.82. The molecular weight excluding hydrogens is 410 g/mol. The number of methoxy groups -OCH3 is 1. The topological polar surface area (TPSA) is 77.1 Å². The number of ether oxygens (including phenoxy) is 3. The van der Waals surface area contributed by atoms with Crippen molar-refractivity contribution in [2.75, 3.05) is 25.5 Å². The first-order chi connectivity index (χ1) is 14.4. The molecular formula is C22H32F2N2O5. The monoisotopic (exact) mass is 442 g/mol. The van der Waals surface area contributed by atoms with Crippen LogP contribution in [-0.4, -0.2) is 55.4 Å². The summed E-state index contributed by atoms with van der Waals surface area (Å²) >= 11 is 0. The molecule has 1 N–H and O–H groups in total. The number of benzene rings is 1. The van der Waals surface area contributed by atoms with Gasteiger partial charge in [-0.3, -0.25) is 0 Å². The van der Waals surface area contributed by atoms with Crippen LogP contribution in [0.2, 0.25) is 0 Å². The van der Waals surface area contributed by atoms with Gasteiger partial charge in [-0.2, -0.15) is 8.78 Å². The van der Waals surface area contributed by atoms with Crippen molar-refractivity contribution >= 4 is 17.7 Å². The van der Waals surface area contributed by atoms with Crippen LogP contribution < -0.4 is 10.1 Å². The summed E-state index contributed by atoms with van der Waals surface area (Å²) in [4.78, 5) is 25.9. The first-order valence-corrected chi connectivity index (χ1v) is 10.3. The highest BCUT2D eigenvalue weighted by Crippen LogP contribution is 2.33. The summed E-state index contributed by atoms with van der Waals surface area (Å²) in [6.07, 6.45) is 0.382. The van der Waals surface area contributed by atoms with Crippen molar-refractivity contribution in [2.45, 2.75) is 59.3 Å². The van der Waals surface area contributed by atoms with E-state index in [1.807, 2.05) is 34.6 Å². The number of anilines is 1. The molecule has 1 saturated heterocycles. The van der Waals surface area contributed by atoms with E-state index >= 15 is 0 Å². The zero-order chi connectivity index (χ0) is 23.3. The van der Waals surface area contributed by atoms with Gasteiger partial charge < -0.3 is 24.4 Å². The van der Waals surface area contributed by atoms with E-state index in [0.29, 0.717) is 13.1 Å². The SMILES string of the molecule is COC(=O)c1ccc(OC(F)F)c(N[C@@H](C)[C@H]2CCN(C(=O)OC(C)(C)C)C[C@H]2C)c1. The third kappa shape index (κ3) is 6.97. The van der Waals surface area contributed by atoms with Crippen LogP contribution in [0.3, 0.4) is 0 Å². The average Bonchev–Trinajstić information content (AvgIpc) is 2.66. The minimum Gasteiger partial charge on any atom is -0.465 e. The fourth-order valence-corrected chi connectivity index (χ4v) is 3.84. The van der Waals surface area contributed by atoms with Crippen molar-refractivity contribution < 1.29 is 32.6 Å². The van der Waals surface area contributed by atoms with Crippen LogP contribution in [-0.2, 0) is 9.47 Å². The van der Waals surface area contributed by atoms with E-state index in [4.69, 9.17) is 9.47 Å². The maximum atomic E-state index is 12.8. The highest BCUT2D eigenvalue weighted by molar-refractivity contribution is 5.91. The van der Waals surface area contributed by atoms with Gasteiger partial charge >= 0.3 is 18.7 Å². The molecule has 1 amide bonds. The summed E-state index contributed by atoms with van der Waals surface area (Å²) in [5.41, 5.74) is -0.0401. The molecule has 1 aliphatic rings. The molecule has 1 fully saturated rings. The molecule has 2 rings (SSSR count). The molecule has 0 aliphatic carbocycles. The zero-order valence-electron chi connectivity index (χ0n) is 18.9. The molecule has 1 aromatic rings. The molecule has 9 heteroatoms. The number of alkyl halides is 2. The van der Waals surface area contributed by atoms with E-state index in [1.54, 1.807) is 4.90 Å². The van der Waals surface area contributed by atoms with Crippen molar-refractivity contribution in [3.05, 3.63) is 23.8 Å². The number of nitrogens with one attached hydrogen (secondary N) is 1. The molecule has 0 spiro atoms. The van der Waals surface area contributed by atoms with E-state index in [0.717, 1.165) is 6.42 Å². The number of esters is 1. The Kier molecular flexibility index (Phi) is 8.08. The fraction of sp³-hybridized carbons (Fsp3) is 0.636. The number of hydrogen-bond donors (Lipinski definition) is 1. The molecule has 0 saturated carbocycles. The number of carbonyl (C=O) groups excluding carboxylic acids is 2. The van der Waals surface area contributed by atoms with Crippen molar-refractivity contribution in [1.29, 1.82) is 0 Å². The molecule has 3 atom stereocenters. The van der Waals surface area contributed by atoms with E-state index in [-0.39, 0.29) is 41.0 Å². The molecule has 1 aromatic carbocycles. The predicted molar refractivity (Wildman–Crippen MR) is 113 cm³/mol. The molecule has 0 bridgehead atoms. The average molecular weight is 443 g/mol. The lowest BCUT2D eigenvalue weighted by Gasteiger charge is -2.40. The Bertz CT molecular complexity index is 782. The fourth-order valence-electron chi connectivity index (χ4n) is 3.84. The number of likely N-dealkylation sites (tertiary alicyclic amines) is 1. The van der Waals surface area contributed by atoms with Crippen molar-refractivity contribution in [3.63, 3.8) is 0 Å². The highest BCUT2D eigenvalue weighted by atomic mass is 19.3. The van der Waals surface area contributed by atoms with Gasteiger partial charge in [0.05, 0.1) is 18.4 Å². The summed E-state index contributed by atoms with van der Waals surface area (Å²) in [6.45, 7) is 7.56. The summed E-state index contributed by atoms with van der Waals surface area (Å²) in [5, 5.41) is 3.22. The van der Waals surface area contributed by atoms with Gasteiger partial charge in [-0.1, -0.05) is 6.92 Å². The number of carbonyl (C=O) groups is 2. The summed E-state index contributed by atoms with van der Waals surface area (Å²) < 4.78 is 40.4. The van der Waals surface area contributed by atoms with Gasteiger partial charge in [-0.05, 0) is 64.2 Å². The van der Waals surface area contributed by atoms with Crippen molar-refractivity contribution in [3.8, 4) is 5.75 Å². The Hall–Kier alpha value is -2.58. The number of halogens is 2. The number of amides is 1. The first kappa shape index (κ1) is 24.7.